The molecule has 5 nitrogen and oxygen atoms in total. The third kappa shape index (κ3) is 5.13. The Hall–Kier alpha value is -1.75. The number of carbonyl (C=O) groups excluding carboxylic acids is 2. The Labute approximate surface area is 148 Å². The van der Waals surface area contributed by atoms with Gasteiger partial charge >= 0.3 is 0 Å². The molecule has 6 heteroatoms. The van der Waals surface area contributed by atoms with Gasteiger partial charge in [0.25, 0.3) is 0 Å². The monoisotopic (exact) mass is 352 g/mol. The number of halogens is 1. The summed E-state index contributed by atoms with van der Waals surface area (Å²) in [5, 5.41) is 0.670. The predicted octanol–water partition coefficient (Wildman–Crippen LogP) is 2.97. The second kappa shape index (κ2) is 8.92. The van der Waals surface area contributed by atoms with Gasteiger partial charge in [-0.1, -0.05) is 11.6 Å². The quantitative estimate of drug-likeness (QED) is 0.758. The molecule has 1 saturated heterocycles. The van der Waals surface area contributed by atoms with Gasteiger partial charge in [0, 0.05) is 43.9 Å². The van der Waals surface area contributed by atoms with E-state index in [1.807, 2.05) is 26.0 Å². The minimum absolute atomic E-state index is 0.00592. The van der Waals surface area contributed by atoms with Crippen LogP contribution in [0, 0.1) is 0 Å². The summed E-state index contributed by atoms with van der Waals surface area (Å²) >= 11 is 5.86. The Balaban J connectivity index is 1.77. The maximum atomic E-state index is 12.3. The van der Waals surface area contributed by atoms with Gasteiger partial charge in [0.05, 0.1) is 6.54 Å². The number of hydrogen-bond acceptors (Lipinski definition) is 3. The van der Waals surface area contributed by atoms with Crippen LogP contribution in [0.5, 0.6) is 5.75 Å². The van der Waals surface area contributed by atoms with Crippen molar-refractivity contribution in [2.24, 2.45) is 0 Å². The number of rotatable bonds is 7. The standard InChI is InChI=1S/C18H25ClN2O3/c1-3-20(4-2)17(22)9-10-18(23)21-12-11-16(13-21)24-15-7-5-14(19)6-8-15/h5-8,16H,3-4,9-13H2,1-2H3. The number of hydrogen-bond donors (Lipinski definition) is 0. The highest BCUT2D eigenvalue weighted by Gasteiger charge is 2.27. The van der Waals surface area contributed by atoms with E-state index in [0.717, 1.165) is 12.2 Å². The molecular formula is C18H25ClN2O3. The van der Waals surface area contributed by atoms with Gasteiger partial charge in [0.1, 0.15) is 11.9 Å². The van der Waals surface area contributed by atoms with Crippen LogP contribution in [0.3, 0.4) is 0 Å². The molecule has 1 heterocycles. The van der Waals surface area contributed by atoms with Crippen LogP contribution < -0.4 is 4.74 Å². The van der Waals surface area contributed by atoms with Crippen LogP contribution in [0.15, 0.2) is 24.3 Å². The van der Waals surface area contributed by atoms with Crippen LogP contribution >= 0.6 is 11.6 Å². The Bertz CT molecular complexity index is 558. The smallest absolute Gasteiger partial charge is 0.223 e. The Kier molecular flexibility index (Phi) is 6.91. The van der Waals surface area contributed by atoms with Crippen molar-refractivity contribution >= 4 is 23.4 Å². The molecule has 0 N–H and O–H groups in total. The molecule has 1 fully saturated rings. The predicted molar refractivity (Wildman–Crippen MR) is 94.2 cm³/mol. The van der Waals surface area contributed by atoms with Gasteiger partial charge in [-0.05, 0) is 38.1 Å². The van der Waals surface area contributed by atoms with E-state index < -0.39 is 0 Å². The SMILES string of the molecule is CCN(CC)C(=O)CCC(=O)N1CCC(Oc2ccc(Cl)cc2)C1. The Morgan fingerprint density at radius 2 is 1.88 bits per heavy atom. The lowest BCUT2D eigenvalue weighted by Gasteiger charge is -2.20. The van der Waals surface area contributed by atoms with Crippen molar-refractivity contribution in [1.82, 2.24) is 9.80 Å². The molecule has 0 bridgehead atoms. The molecule has 24 heavy (non-hydrogen) atoms. The highest BCUT2D eigenvalue weighted by atomic mass is 35.5. The van der Waals surface area contributed by atoms with E-state index in [1.54, 1.807) is 21.9 Å². The number of ether oxygens (including phenoxy) is 1. The largest absolute Gasteiger partial charge is 0.489 e. The summed E-state index contributed by atoms with van der Waals surface area (Å²) in [7, 11) is 0. The second-order valence-corrected chi connectivity index (χ2v) is 6.32. The average molecular weight is 353 g/mol. The summed E-state index contributed by atoms with van der Waals surface area (Å²) in [5.41, 5.74) is 0. The summed E-state index contributed by atoms with van der Waals surface area (Å²) in [6.45, 7) is 6.51. The van der Waals surface area contributed by atoms with Gasteiger partial charge in [-0.25, -0.2) is 0 Å². The van der Waals surface area contributed by atoms with Crippen molar-refractivity contribution in [1.29, 1.82) is 0 Å². The van der Waals surface area contributed by atoms with Crippen molar-refractivity contribution in [2.75, 3.05) is 26.2 Å². The number of benzene rings is 1. The fourth-order valence-corrected chi connectivity index (χ4v) is 2.99. The average Bonchev–Trinajstić information content (AvgIpc) is 3.04. The second-order valence-electron chi connectivity index (χ2n) is 5.89. The fraction of sp³-hybridized carbons (Fsp3) is 0.556. The molecule has 2 amide bonds. The zero-order valence-corrected chi connectivity index (χ0v) is 15.1. The summed E-state index contributed by atoms with van der Waals surface area (Å²) in [4.78, 5) is 27.8. The minimum Gasteiger partial charge on any atom is -0.489 e. The molecule has 1 aromatic carbocycles. The van der Waals surface area contributed by atoms with Crippen LogP contribution in [-0.2, 0) is 9.59 Å². The van der Waals surface area contributed by atoms with Crippen molar-refractivity contribution in [2.45, 2.75) is 39.2 Å². The first-order chi connectivity index (χ1) is 11.5. The highest BCUT2D eigenvalue weighted by molar-refractivity contribution is 6.30. The molecule has 1 aliphatic heterocycles. The first kappa shape index (κ1) is 18.6. The zero-order valence-electron chi connectivity index (χ0n) is 14.3. The van der Waals surface area contributed by atoms with E-state index >= 15 is 0 Å². The molecule has 0 spiro atoms. The van der Waals surface area contributed by atoms with Gasteiger partial charge < -0.3 is 14.5 Å². The topological polar surface area (TPSA) is 49.9 Å². The maximum Gasteiger partial charge on any atom is 0.223 e. The van der Waals surface area contributed by atoms with E-state index in [9.17, 15) is 9.59 Å². The van der Waals surface area contributed by atoms with Crippen molar-refractivity contribution < 1.29 is 14.3 Å². The summed E-state index contributed by atoms with van der Waals surface area (Å²) in [6.07, 6.45) is 1.34. The van der Waals surface area contributed by atoms with E-state index in [0.29, 0.717) is 31.2 Å². The minimum atomic E-state index is -0.00592. The number of likely N-dealkylation sites (tertiary alicyclic amines) is 1. The lowest BCUT2D eigenvalue weighted by atomic mass is 10.2. The Morgan fingerprint density at radius 3 is 2.50 bits per heavy atom. The van der Waals surface area contributed by atoms with E-state index in [2.05, 4.69) is 0 Å². The normalized spacial score (nSPS) is 17.0. The van der Waals surface area contributed by atoms with Crippen LogP contribution in [0.1, 0.15) is 33.1 Å². The molecule has 0 aliphatic carbocycles. The first-order valence-electron chi connectivity index (χ1n) is 8.51. The van der Waals surface area contributed by atoms with Crippen LogP contribution in [-0.4, -0.2) is 53.9 Å². The molecule has 1 aromatic rings. The summed E-state index contributed by atoms with van der Waals surface area (Å²) in [5.74, 6) is 0.828. The van der Waals surface area contributed by atoms with Gasteiger partial charge in [-0.2, -0.15) is 0 Å². The number of nitrogens with zero attached hydrogens (tertiary/aromatic N) is 2. The molecule has 0 saturated carbocycles. The molecule has 0 radical (unpaired) electrons. The third-order valence-corrected chi connectivity index (χ3v) is 4.53. The van der Waals surface area contributed by atoms with Crippen molar-refractivity contribution in [3.63, 3.8) is 0 Å². The maximum absolute atomic E-state index is 12.3. The molecular weight excluding hydrogens is 328 g/mol. The molecule has 132 valence electrons. The highest BCUT2D eigenvalue weighted by Crippen LogP contribution is 2.21. The lowest BCUT2D eigenvalue weighted by molar-refractivity contribution is -0.136. The van der Waals surface area contributed by atoms with Gasteiger partial charge in [0.15, 0.2) is 0 Å². The van der Waals surface area contributed by atoms with Crippen LogP contribution in [0.2, 0.25) is 5.02 Å². The zero-order chi connectivity index (χ0) is 17.5. The number of amides is 2. The van der Waals surface area contributed by atoms with E-state index in [-0.39, 0.29) is 30.8 Å². The van der Waals surface area contributed by atoms with Crippen molar-refractivity contribution in [3.8, 4) is 5.75 Å². The van der Waals surface area contributed by atoms with Gasteiger partial charge in [0.2, 0.25) is 11.8 Å². The van der Waals surface area contributed by atoms with Crippen LogP contribution in [0.4, 0.5) is 0 Å². The van der Waals surface area contributed by atoms with E-state index in [4.69, 9.17) is 16.3 Å². The molecule has 1 atom stereocenters. The lowest BCUT2D eigenvalue weighted by Crippen LogP contribution is -2.34. The third-order valence-electron chi connectivity index (χ3n) is 4.28. The fourth-order valence-electron chi connectivity index (χ4n) is 2.86. The molecule has 1 unspecified atom stereocenters. The molecule has 0 aromatic heterocycles. The van der Waals surface area contributed by atoms with E-state index in [1.165, 1.54) is 0 Å². The van der Waals surface area contributed by atoms with Gasteiger partial charge in [-0.3, -0.25) is 9.59 Å². The van der Waals surface area contributed by atoms with Crippen LogP contribution in [0.25, 0.3) is 0 Å². The summed E-state index contributed by atoms with van der Waals surface area (Å²) < 4.78 is 5.88. The summed E-state index contributed by atoms with van der Waals surface area (Å²) in [6, 6.07) is 7.23. The Morgan fingerprint density at radius 1 is 1.21 bits per heavy atom. The van der Waals surface area contributed by atoms with Gasteiger partial charge in [-0.15, -0.1) is 0 Å². The van der Waals surface area contributed by atoms with Crippen molar-refractivity contribution in [3.05, 3.63) is 29.3 Å². The molecule has 2 rings (SSSR count). The first-order valence-corrected chi connectivity index (χ1v) is 8.89. The molecule has 1 aliphatic rings. The number of carbonyl (C=O) groups is 2.